The van der Waals surface area contributed by atoms with Crippen molar-refractivity contribution in [2.45, 2.75) is 12.8 Å². The summed E-state index contributed by atoms with van der Waals surface area (Å²) in [4.78, 5) is 25.7. The molecule has 0 radical (unpaired) electrons. The molecule has 0 aliphatic carbocycles. The highest BCUT2D eigenvalue weighted by Crippen LogP contribution is 2.26. The lowest BCUT2D eigenvalue weighted by atomic mass is 10.2. The van der Waals surface area contributed by atoms with E-state index in [1.54, 1.807) is 37.6 Å². The van der Waals surface area contributed by atoms with Crippen LogP contribution in [0.2, 0.25) is 0 Å². The third kappa shape index (κ3) is 3.81. The number of hydrogen-bond acceptors (Lipinski definition) is 6. The van der Waals surface area contributed by atoms with Crippen molar-refractivity contribution in [3.63, 3.8) is 0 Å². The van der Waals surface area contributed by atoms with Gasteiger partial charge in [0.1, 0.15) is 11.4 Å². The lowest BCUT2D eigenvalue weighted by Gasteiger charge is -2.21. The van der Waals surface area contributed by atoms with Gasteiger partial charge in [0.2, 0.25) is 5.95 Å². The zero-order valence-corrected chi connectivity index (χ0v) is 14.8. The highest BCUT2D eigenvalue weighted by atomic mass is 16.5. The molecule has 7 heteroatoms. The number of amides is 1. The Bertz CT molecular complexity index is 757. The molecule has 1 aromatic heterocycles. The number of carbonyl (C=O) groups excluding carboxylic acids is 1. The van der Waals surface area contributed by atoms with Crippen molar-refractivity contribution in [1.29, 1.82) is 0 Å². The monoisotopic (exact) mass is 341 g/mol. The molecule has 0 unspecified atom stereocenters. The van der Waals surface area contributed by atoms with E-state index in [1.807, 2.05) is 19.0 Å². The molecule has 3 rings (SSSR count). The van der Waals surface area contributed by atoms with Gasteiger partial charge in [0.15, 0.2) is 5.82 Å². The van der Waals surface area contributed by atoms with Crippen LogP contribution in [0, 0.1) is 0 Å². The third-order valence-corrected chi connectivity index (χ3v) is 4.15. The van der Waals surface area contributed by atoms with E-state index in [0.717, 1.165) is 25.9 Å². The summed E-state index contributed by atoms with van der Waals surface area (Å²) in [6, 6.07) is 7.03. The topological polar surface area (TPSA) is 70.6 Å². The Balaban J connectivity index is 1.84. The molecule has 0 saturated carbocycles. The maximum absolute atomic E-state index is 12.5. The minimum atomic E-state index is -0.223. The molecule has 0 bridgehead atoms. The second-order valence-corrected chi connectivity index (χ2v) is 6.18. The van der Waals surface area contributed by atoms with E-state index in [4.69, 9.17) is 4.74 Å². The number of rotatable bonds is 5. The Labute approximate surface area is 147 Å². The van der Waals surface area contributed by atoms with Crippen molar-refractivity contribution in [3.8, 4) is 5.75 Å². The molecular weight excluding hydrogens is 318 g/mol. The number of hydrogen-bond donors (Lipinski definition) is 1. The van der Waals surface area contributed by atoms with E-state index >= 15 is 0 Å². The largest absolute Gasteiger partial charge is 0.497 e. The van der Waals surface area contributed by atoms with Crippen LogP contribution >= 0.6 is 0 Å². The van der Waals surface area contributed by atoms with Crippen LogP contribution in [0.1, 0.15) is 23.2 Å². The molecule has 1 fully saturated rings. The van der Waals surface area contributed by atoms with Crippen LogP contribution < -0.4 is 19.9 Å². The van der Waals surface area contributed by atoms with Gasteiger partial charge in [0.25, 0.3) is 5.91 Å². The molecule has 1 amide bonds. The number of methoxy groups -OCH3 is 1. The molecule has 2 aromatic rings. The highest BCUT2D eigenvalue weighted by molar-refractivity contribution is 6.05. The average Bonchev–Trinajstić information content (AvgIpc) is 3.16. The lowest BCUT2D eigenvalue weighted by Crippen LogP contribution is -2.23. The van der Waals surface area contributed by atoms with Crippen molar-refractivity contribution < 1.29 is 9.53 Å². The van der Waals surface area contributed by atoms with Crippen molar-refractivity contribution in [2.75, 3.05) is 49.4 Å². The van der Waals surface area contributed by atoms with Gasteiger partial charge in [-0.05, 0) is 31.0 Å². The standard InChI is InChI=1S/C18H23N5O2/c1-22(2)16-15(12-19-18(21-16)23-9-4-5-10-23)20-17(24)13-7-6-8-14(11-13)25-3/h6-8,11-12H,4-5,9-10H2,1-3H3,(H,20,24). The number of benzene rings is 1. The summed E-state index contributed by atoms with van der Waals surface area (Å²) in [6.45, 7) is 1.95. The number of ether oxygens (including phenoxy) is 1. The number of carbonyl (C=O) groups is 1. The Morgan fingerprint density at radius 3 is 2.72 bits per heavy atom. The number of nitrogens with zero attached hydrogens (tertiary/aromatic N) is 4. The van der Waals surface area contributed by atoms with E-state index in [-0.39, 0.29) is 5.91 Å². The molecule has 7 nitrogen and oxygen atoms in total. The van der Waals surface area contributed by atoms with Gasteiger partial charge >= 0.3 is 0 Å². The zero-order valence-electron chi connectivity index (χ0n) is 14.8. The van der Waals surface area contributed by atoms with Crippen molar-refractivity contribution in [1.82, 2.24) is 9.97 Å². The normalized spacial score (nSPS) is 13.6. The summed E-state index contributed by atoms with van der Waals surface area (Å²) in [5, 5.41) is 2.90. The lowest BCUT2D eigenvalue weighted by molar-refractivity contribution is 0.102. The quantitative estimate of drug-likeness (QED) is 0.900. The first-order valence-electron chi connectivity index (χ1n) is 8.33. The van der Waals surface area contributed by atoms with E-state index in [2.05, 4.69) is 20.2 Å². The molecule has 1 aliphatic rings. The molecule has 1 N–H and O–H groups in total. The predicted octanol–water partition coefficient (Wildman–Crippen LogP) is 2.40. The summed E-state index contributed by atoms with van der Waals surface area (Å²) < 4.78 is 5.17. The number of nitrogens with one attached hydrogen (secondary N) is 1. The molecule has 132 valence electrons. The van der Waals surface area contributed by atoms with Crippen LogP contribution in [0.5, 0.6) is 5.75 Å². The van der Waals surface area contributed by atoms with Crippen molar-refractivity contribution >= 4 is 23.4 Å². The predicted molar refractivity (Wildman–Crippen MR) is 98.8 cm³/mol. The minimum Gasteiger partial charge on any atom is -0.497 e. The average molecular weight is 341 g/mol. The maximum Gasteiger partial charge on any atom is 0.255 e. The summed E-state index contributed by atoms with van der Waals surface area (Å²) in [5.41, 5.74) is 1.11. The number of aromatic nitrogens is 2. The molecule has 1 aromatic carbocycles. The van der Waals surface area contributed by atoms with Crippen molar-refractivity contribution in [2.24, 2.45) is 0 Å². The van der Waals surface area contributed by atoms with Crippen LogP contribution in [0.4, 0.5) is 17.5 Å². The first-order chi connectivity index (χ1) is 12.1. The van der Waals surface area contributed by atoms with Gasteiger partial charge in [0.05, 0.1) is 13.3 Å². The smallest absolute Gasteiger partial charge is 0.255 e. The Morgan fingerprint density at radius 1 is 1.28 bits per heavy atom. The Kier molecular flexibility index (Phi) is 5.02. The van der Waals surface area contributed by atoms with Crippen molar-refractivity contribution in [3.05, 3.63) is 36.0 Å². The van der Waals surface area contributed by atoms with Gasteiger partial charge in [-0.25, -0.2) is 4.98 Å². The van der Waals surface area contributed by atoms with Gasteiger partial charge < -0.3 is 19.9 Å². The molecule has 0 atom stereocenters. The molecular formula is C18H23N5O2. The Morgan fingerprint density at radius 2 is 2.04 bits per heavy atom. The molecule has 2 heterocycles. The van der Waals surface area contributed by atoms with Crippen LogP contribution in [0.15, 0.2) is 30.5 Å². The Hall–Kier alpha value is -2.83. The third-order valence-electron chi connectivity index (χ3n) is 4.15. The number of anilines is 3. The van der Waals surface area contributed by atoms with Gasteiger partial charge in [0, 0.05) is 32.7 Å². The van der Waals surface area contributed by atoms with E-state index in [0.29, 0.717) is 28.8 Å². The van der Waals surface area contributed by atoms with Gasteiger partial charge in [-0.15, -0.1) is 0 Å². The first kappa shape index (κ1) is 17.0. The van der Waals surface area contributed by atoms with E-state index in [1.165, 1.54) is 0 Å². The second-order valence-electron chi connectivity index (χ2n) is 6.18. The molecule has 1 aliphatic heterocycles. The highest BCUT2D eigenvalue weighted by Gasteiger charge is 2.19. The second kappa shape index (κ2) is 7.38. The maximum atomic E-state index is 12.5. The summed E-state index contributed by atoms with van der Waals surface area (Å²) in [7, 11) is 5.38. The van der Waals surface area contributed by atoms with Gasteiger partial charge in [-0.2, -0.15) is 4.98 Å². The minimum absolute atomic E-state index is 0.223. The van der Waals surface area contributed by atoms with E-state index in [9.17, 15) is 4.79 Å². The molecule has 25 heavy (non-hydrogen) atoms. The SMILES string of the molecule is COc1cccc(C(=O)Nc2cnc(N3CCCC3)nc2N(C)C)c1. The summed E-state index contributed by atoms with van der Waals surface area (Å²) in [5.74, 6) is 1.81. The molecule has 1 saturated heterocycles. The zero-order chi connectivity index (χ0) is 17.8. The fraction of sp³-hybridized carbons (Fsp3) is 0.389. The van der Waals surface area contributed by atoms with Crippen LogP contribution in [-0.4, -0.2) is 50.2 Å². The van der Waals surface area contributed by atoms with E-state index < -0.39 is 0 Å². The van der Waals surface area contributed by atoms with Crippen LogP contribution in [0.3, 0.4) is 0 Å². The molecule has 0 spiro atoms. The van der Waals surface area contributed by atoms with Gasteiger partial charge in [-0.1, -0.05) is 6.07 Å². The van der Waals surface area contributed by atoms with Crippen LogP contribution in [-0.2, 0) is 0 Å². The van der Waals surface area contributed by atoms with Gasteiger partial charge in [-0.3, -0.25) is 4.79 Å². The first-order valence-corrected chi connectivity index (χ1v) is 8.33. The summed E-state index contributed by atoms with van der Waals surface area (Å²) >= 11 is 0. The van der Waals surface area contributed by atoms with Crippen LogP contribution in [0.25, 0.3) is 0 Å². The summed E-state index contributed by atoms with van der Waals surface area (Å²) in [6.07, 6.45) is 4.00. The fourth-order valence-electron chi connectivity index (χ4n) is 2.82. The fourth-order valence-corrected chi connectivity index (χ4v) is 2.82.